The number of hydrogen-bond donors (Lipinski definition) is 1. The molecule has 92 valence electrons. The van der Waals surface area contributed by atoms with Gasteiger partial charge in [0.2, 0.25) is 5.91 Å². The number of anilines is 1. The standard InChI is InChI=1S/C12H15BrN2OS/c13-10-2-1-3-11(14-10)15-12(16)8-9-4-6-17-7-5-9/h1-3,9H,4-8H2,(H,14,15,16). The van der Waals surface area contributed by atoms with Crippen LogP contribution in [0.25, 0.3) is 0 Å². The first-order valence-electron chi connectivity index (χ1n) is 5.74. The van der Waals surface area contributed by atoms with Crippen molar-refractivity contribution in [2.45, 2.75) is 19.3 Å². The van der Waals surface area contributed by atoms with Gasteiger partial charge in [0.25, 0.3) is 0 Å². The average molecular weight is 315 g/mol. The smallest absolute Gasteiger partial charge is 0.225 e. The number of rotatable bonds is 3. The monoisotopic (exact) mass is 314 g/mol. The molecule has 1 aliphatic heterocycles. The molecule has 0 aliphatic carbocycles. The summed E-state index contributed by atoms with van der Waals surface area (Å²) in [4.78, 5) is 16.0. The van der Waals surface area contributed by atoms with Gasteiger partial charge in [0.1, 0.15) is 10.4 Å². The molecule has 0 unspecified atom stereocenters. The van der Waals surface area contributed by atoms with Crippen LogP contribution in [0.4, 0.5) is 5.82 Å². The number of halogens is 1. The molecular weight excluding hydrogens is 300 g/mol. The minimum atomic E-state index is 0.0764. The summed E-state index contributed by atoms with van der Waals surface area (Å²) < 4.78 is 0.740. The molecule has 0 aromatic carbocycles. The zero-order chi connectivity index (χ0) is 12.1. The number of amides is 1. The maximum Gasteiger partial charge on any atom is 0.225 e. The van der Waals surface area contributed by atoms with E-state index >= 15 is 0 Å². The molecule has 0 radical (unpaired) electrons. The number of thioether (sulfide) groups is 1. The van der Waals surface area contributed by atoms with Crippen LogP contribution in [0.1, 0.15) is 19.3 Å². The SMILES string of the molecule is O=C(CC1CCSCC1)Nc1cccc(Br)n1. The first-order chi connectivity index (χ1) is 8.24. The van der Waals surface area contributed by atoms with Gasteiger partial charge in [-0.1, -0.05) is 6.07 Å². The second kappa shape index (κ2) is 6.40. The number of carbonyl (C=O) groups is 1. The zero-order valence-electron chi connectivity index (χ0n) is 9.49. The fraction of sp³-hybridized carbons (Fsp3) is 0.500. The lowest BCUT2D eigenvalue weighted by atomic mass is 9.98. The van der Waals surface area contributed by atoms with Crippen LogP contribution in [0.2, 0.25) is 0 Å². The van der Waals surface area contributed by atoms with Gasteiger partial charge < -0.3 is 5.32 Å². The Morgan fingerprint density at radius 2 is 2.24 bits per heavy atom. The summed E-state index contributed by atoms with van der Waals surface area (Å²) in [6.45, 7) is 0. The van der Waals surface area contributed by atoms with Crippen LogP contribution in [-0.4, -0.2) is 22.4 Å². The Bertz CT molecular complexity index is 394. The normalized spacial score (nSPS) is 16.8. The number of carbonyl (C=O) groups excluding carboxylic acids is 1. The first-order valence-corrected chi connectivity index (χ1v) is 7.69. The highest BCUT2D eigenvalue weighted by atomic mass is 79.9. The third-order valence-electron chi connectivity index (χ3n) is 2.80. The van der Waals surface area contributed by atoms with Crippen LogP contribution in [0.15, 0.2) is 22.8 Å². The fourth-order valence-corrected chi connectivity index (χ4v) is 3.43. The highest BCUT2D eigenvalue weighted by Crippen LogP contribution is 2.25. The molecule has 0 saturated carbocycles. The van der Waals surface area contributed by atoms with Crippen LogP contribution in [0.5, 0.6) is 0 Å². The lowest BCUT2D eigenvalue weighted by Gasteiger charge is -2.20. The summed E-state index contributed by atoms with van der Waals surface area (Å²) in [5, 5.41) is 2.84. The van der Waals surface area contributed by atoms with Crippen LogP contribution in [-0.2, 0) is 4.79 Å². The molecule has 3 nitrogen and oxygen atoms in total. The molecule has 1 aliphatic rings. The fourth-order valence-electron chi connectivity index (χ4n) is 1.88. The zero-order valence-corrected chi connectivity index (χ0v) is 11.9. The summed E-state index contributed by atoms with van der Waals surface area (Å²) in [6, 6.07) is 5.51. The third kappa shape index (κ3) is 4.32. The van der Waals surface area contributed by atoms with Gasteiger partial charge in [0.05, 0.1) is 0 Å². The molecule has 2 rings (SSSR count). The van der Waals surface area contributed by atoms with E-state index < -0.39 is 0 Å². The Morgan fingerprint density at radius 1 is 1.47 bits per heavy atom. The van der Waals surface area contributed by atoms with Crippen molar-refractivity contribution < 1.29 is 4.79 Å². The van der Waals surface area contributed by atoms with Crippen molar-refractivity contribution in [1.29, 1.82) is 0 Å². The summed E-state index contributed by atoms with van der Waals surface area (Å²) in [5.74, 6) is 3.62. The Hall–Kier alpha value is -0.550. The Kier molecular flexibility index (Phi) is 4.86. The van der Waals surface area contributed by atoms with Crippen molar-refractivity contribution in [3.05, 3.63) is 22.8 Å². The second-order valence-corrected chi connectivity index (χ2v) is 6.19. The lowest BCUT2D eigenvalue weighted by Crippen LogP contribution is -2.20. The van der Waals surface area contributed by atoms with E-state index in [4.69, 9.17) is 0 Å². The van der Waals surface area contributed by atoms with Gasteiger partial charge in [0.15, 0.2) is 0 Å². The molecule has 1 saturated heterocycles. The van der Waals surface area contributed by atoms with E-state index in [-0.39, 0.29) is 5.91 Å². The number of hydrogen-bond acceptors (Lipinski definition) is 3. The molecule has 1 aromatic heterocycles. The third-order valence-corrected chi connectivity index (χ3v) is 4.29. The molecule has 0 bridgehead atoms. The van der Waals surface area contributed by atoms with Gasteiger partial charge in [0, 0.05) is 6.42 Å². The van der Waals surface area contributed by atoms with Gasteiger partial charge >= 0.3 is 0 Å². The van der Waals surface area contributed by atoms with E-state index in [1.54, 1.807) is 6.07 Å². The lowest BCUT2D eigenvalue weighted by molar-refractivity contribution is -0.117. The topological polar surface area (TPSA) is 42.0 Å². The van der Waals surface area contributed by atoms with E-state index in [1.165, 1.54) is 11.5 Å². The van der Waals surface area contributed by atoms with Gasteiger partial charge in [-0.3, -0.25) is 4.79 Å². The highest BCUT2D eigenvalue weighted by Gasteiger charge is 2.17. The molecule has 5 heteroatoms. The van der Waals surface area contributed by atoms with Crippen molar-refractivity contribution in [2.24, 2.45) is 5.92 Å². The maximum absolute atomic E-state index is 11.8. The molecule has 0 spiro atoms. The van der Waals surface area contributed by atoms with Crippen LogP contribution in [0, 0.1) is 5.92 Å². The molecule has 17 heavy (non-hydrogen) atoms. The summed E-state index contributed by atoms with van der Waals surface area (Å²) >= 11 is 5.27. The maximum atomic E-state index is 11.8. The van der Waals surface area contributed by atoms with Crippen molar-refractivity contribution in [3.63, 3.8) is 0 Å². The van der Waals surface area contributed by atoms with E-state index in [2.05, 4.69) is 26.2 Å². The molecule has 0 atom stereocenters. The number of nitrogens with one attached hydrogen (secondary N) is 1. The second-order valence-electron chi connectivity index (χ2n) is 4.15. The average Bonchev–Trinajstić information content (AvgIpc) is 2.30. The van der Waals surface area contributed by atoms with E-state index in [0.29, 0.717) is 18.2 Å². The van der Waals surface area contributed by atoms with Gasteiger partial charge in [-0.05, 0) is 58.3 Å². The van der Waals surface area contributed by atoms with Crippen LogP contribution in [0.3, 0.4) is 0 Å². The predicted octanol–water partition coefficient (Wildman–Crippen LogP) is 3.32. The number of nitrogens with zero attached hydrogens (tertiary/aromatic N) is 1. The predicted molar refractivity (Wildman–Crippen MR) is 75.2 cm³/mol. The van der Waals surface area contributed by atoms with Crippen molar-refractivity contribution in [1.82, 2.24) is 4.98 Å². The summed E-state index contributed by atoms with van der Waals surface area (Å²) in [6.07, 6.45) is 2.93. The summed E-state index contributed by atoms with van der Waals surface area (Å²) in [7, 11) is 0. The first kappa shape index (κ1) is 12.9. The largest absolute Gasteiger partial charge is 0.311 e. The molecule has 1 amide bonds. The highest BCUT2D eigenvalue weighted by molar-refractivity contribution is 9.10. The van der Waals surface area contributed by atoms with Crippen molar-refractivity contribution in [3.8, 4) is 0 Å². The minimum Gasteiger partial charge on any atom is -0.311 e. The number of pyridine rings is 1. The van der Waals surface area contributed by atoms with E-state index in [0.717, 1.165) is 17.4 Å². The molecular formula is C12H15BrN2OS. The summed E-state index contributed by atoms with van der Waals surface area (Å²) in [5.41, 5.74) is 0. The van der Waals surface area contributed by atoms with E-state index in [9.17, 15) is 4.79 Å². The minimum absolute atomic E-state index is 0.0764. The van der Waals surface area contributed by atoms with E-state index in [1.807, 2.05) is 23.9 Å². The molecule has 1 fully saturated rings. The van der Waals surface area contributed by atoms with Gasteiger partial charge in [-0.25, -0.2) is 4.98 Å². The molecule has 2 heterocycles. The van der Waals surface area contributed by atoms with Crippen molar-refractivity contribution in [2.75, 3.05) is 16.8 Å². The Labute approximate surface area is 114 Å². The van der Waals surface area contributed by atoms with Gasteiger partial charge in [-0.2, -0.15) is 11.8 Å². The van der Waals surface area contributed by atoms with Crippen LogP contribution >= 0.6 is 27.7 Å². The number of aromatic nitrogens is 1. The van der Waals surface area contributed by atoms with Crippen LogP contribution < -0.4 is 5.32 Å². The van der Waals surface area contributed by atoms with Crippen molar-refractivity contribution >= 4 is 39.4 Å². The Morgan fingerprint density at radius 3 is 2.94 bits per heavy atom. The molecule has 1 aromatic rings. The Balaban J connectivity index is 1.84. The van der Waals surface area contributed by atoms with Gasteiger partial charge in [-0.15, -0.1) is 0 Å². The molecule has 1 N–H and O–H groups in total. The quantitative estimate of drug-likeness (QED) is 0.870.